The van der Waals surface area contributed by atoms with Crippen molar-refractivity contribution >= 4 is 33.6 Å². The molecule has 0 spiro atoms. The van der Waals surface area contributed by atoms with Crippen LogP contribution in [-0.2, 0) is 19.6 Å². The molecule has 9 heteroatoms. The maximum Gasteiger partial charge on any atom is 0.339 e. The highest BCUT2D eigenvalue weighted by Gasteiger charge is 2.29. The number of aliphatic carboxylic acids is 1. The SMILES string of the molecule is COC(=O)c1ccc(Cl)cc1S(=O)(=O)N[C@@H](CC(C)C)C(=O)O. The number of carbonyl (C=O) groups is 2. The summed E-state index contributed by atoms with van der Waals surface area (Å²) in [6.07, 6.45) is 0.0999. The number of hydrogen-bond acceptors (Lipinski definition) is 5. The van der Waals surface area contributed by atoms with Gasteiger partial charge in [-0.25, -0.2) is 13.2 Å². The van der Waals surface area contributed by atoms with Crippen LogP contribution in [0.5, 0.6) is 0 Å². The van der Waals surface area contributed by atoms with Crippen LogP contribution in [0.4, 0.5) is 0 Å². The van der Waals surface area contributed by atoms with Crippen LogP contribution in [0, 0.1) is 5.92 Å². The molecule has 0 heterocycles. The Morgan fingerprint density at radius 2 is 1.96 bits per heavy atom. The van der Waals surface area contributed by atoms with Gasteiger partial charge in [-0.1, -0.05) is 25.4 Å². The number of ether oxygens (including phenoxy) is 1. The summed E-state index contributed by atoms with van der Waals surface area (Å²) in [5.41, 5.74) is -0.224. The zero-order chi connectivity index (χ0) is 17.8. The lowest BCUT2D eigenvalue weighted by Gasteiger charge is -2.17. The minimum Gasteiger partial charge on any atom is -0.480 e. The molecule has 0 amide bonds. The molecule has 0 saturated carbocycles. The van der Waals surface area contributed by atoms with Gasteiger partial charge in [0.25, 0.3) is 0 Å². The van der Waals surface area contributed by atoms with Gasteiger partial charge in [-0.3, -0.25) is 4.79 Å². The van der Waals surface area contributed by atoms with Crippen LogP contribution in [0.2, 0.25) is 5.02 Å². The van der Waals surface area contributed by atoms with Gasteiger partial charge in [0.15, 0.2) is 0 Å². The van der Waals surface area contributed by atoms with Gasteiger partial charge in [-0.15, -0.1) is 0 Å². The lowest BCUT2D eigenvalue weighted by molar-refractivity contribution is -0.139. The van der Waals surface area contributed by atoms with Crippen molar-refractivity contribution in [1.82, 2.24) is 4.72 Å². The molecule has 0 saturated heterocycles. The first-order valence-corrected chi connectivity index (χ1v) is 8.57. The van der Waals surface area contributed by atoms with Gasteiger partial charge in [0.1, 0.15) is 6.04 Å². The second-order valence-corrected chi connectivity index (χ2v) is 7.39. The topological polar surface area (TPSA) is 110 Å². The lowest BCUT2D eigenvalue weighted by atomic mass is 10.1. The van der Waals surface area contributed by atoms with Crippen LogP contribution in [0.3, 0.4) is 0 Å². The van der Waals surface area contributed by atoms with Gasteiger partial charge in [-0.05, 0) is 30.5 Å². The van der Waals surface area contributed by atoms with Gasteiger partial charge in [0.05, 0.1) is 17.6 Å². The molecule has 1 rings (SSSR count). The van der Waals surface area contributed by atoms with Crippen molar-refractivity contribution in [3.8, 4) is 0 Å². The van der Waals surface area contributed by atoms with Crippen LogP contribution < -0.4 is 4.72 Å². The maximum atomic E-state index is 12.5. The van der Waals surface area contributed by atoms with Crippen molar-refractivity contribution in [3.05, 3.63) is 28.8 Å². The molecular weight excluding hydrogens is 346 g/mol. The summed E-state index contributed by atoms with van der Waals surface area (Å²) >= 11 is 5.79. The summed E-state index contributed by atoms with van der Waals surface area (Å²) in [5.74, 6) is -2.21. The smallest absolute Gasteiger partial charge is 0.339 e. The molecule has 2 N–H and O–H groups in total. The van der Waals surface area contributed by atoms with E-state index in [9.17, 15) is 18.0 Å². The van der Waals surface area contributed by atoms with E-state index in [-0.39, 0.29) is 22.9 Å². The van der Waals surface area contributed by atoms with Crippen LogP contribution >= 0.6 is 11.6 Å². The number of esters is 1. The predicted molar refractivity (Wildman–Crippen MR) is 84.0 cm³/mol. The molecular formula is C14H18ClNO6S. The van der Waals surface area contributed by atoms with E-state index in [4.69, 9.17) is 16.7 Å². The number of nitrogens with one attached hydrogen (secondary N) is 1. The van der Waals surface area contributed by atoms with Crippen LogP contribution in [0.25, 0.3) is 0 Å². The number of sulfonamides is 1. The Kier molecular flexibility index (Phi) is 6.55. The first kappa shape index (κ1) is 19.4. The van der Waals surface area contributed by atoms with Crippen molar-refractivity contribution in [2.24, 2.45) is 5.92 Å². The first-order valence-electron chi connectivity index (χ1n) is 6.71. The Morgan fingerprint density at radius 1 is 1.35 bits per heavy atom. The molecule has 7 nitrogen and oxygen atoms in total. The average Bonchev–Trinajstić information content (AvgIpc) is 2.44. The van der Waals surface area contributed by atoms with E-state index in [0.717, 1.165) is 13.2 Å². The summed E-state index contributed by atoms with van der Waals surface area (Å²) in [5, 5.41) is 9.26. The lowest BCUT2D eigenvalue weighted by Crippen LogP contribution is -2.42. The molecule has 0 aliphatic carbocycles. The Balaban J connectivity index is 3.29. The maximum absolute atomic E-state index is 12.5. The standard InChI is InChI=1S/C14H18ClNO6S/c1-8(2)6-11(13(17)18)16-23(20,21)12-7-9(15)4-5-10(12)14(19)22-3/h4-5,7-8,11,16H,6H2,1-3H3,(H,17,18)/t11-/m0/s1. The summed E-state index contributed by atoms with van der Waals surface area (Å²) < 4.78 is 31.6. The van der Waals surface area contributed by atoms with Crippen molar-refractivity contribution in [3.63, 3.8) is 0 Å². The Morgan fingerprint density at radius 3 is 2.43 bits per heavy atom. The number of hydrogen-bond donors (Lipinski definition) is 2. The van der Waals surface area contributed by atoms with E-state index in [0.29, 0.717) is 0 Å². The fourth-order valence-corrected chi connectivity index (χ4v) is 3.58. The van der Waals surface area contributed by atoms with Crippen molar-refractivity contribution in [2.45, 2.75) is 31.2 Å². The van der Waals surface area contributed by atoms with E-state index in [1.807, 2.05) is 0 Å². The molecule has 0 unspecified atom stereocenters. The Labute approximate surface area is 139 Å². The van der Waals surface area contributed by atoms with Gasteiger partial charge in [0.2, 0.25) is 10.0 Å². The summed E-state index contributed by atoms with van der Waals surface area (Å²) in [6.45, 7) is 3.53. The molecule has 0 radical (unpaired) electrons. The Bertz CT molecular complexity index is 701. The van der Waals surface area contributed by atoms with Crippen LogP contribution in [0.15, 0.2) is 23.1 Å². The third kappa shape index (κ3) is 5.19. The molecule has 0 aliphatic heterocycles. The largest absolute Gasteiger partial charge is 0.480 e. The number of carboxylic acid groups (broad SMARTS) is 1. The number of benzene rings is 1. The highest BCUT2D eigenvalue weighted by atomic mass is 35.5. The third-order valence-corrected chi connectivity index (χ3v) is 4.69. The summed E-state index contributed by atoms with van der Waals surface area (Å²) in [7, 11) is -3.16. The van der Waals surface area contributed by atoms with E-state index in [1.54, 1.807) is 13.8 Å². The van der Waals surface area contributed by atoms with Crippen molar-refractivity contribution in [2.75, 3.05) is 7.11 Å². The number of carbonyl (C=O) groups excluding carboxylic acids is 1. The zero-order valence-corrected chi connectivity index (χ0v) is 14.4. The summed E-state index contributed by atoms with van der Waals surface area (Å²) in [4.78, 5) is 22.5. The molecule has 1 atom stereocenters. The fourth-order valence-electron chi connectivity index (χ4n) is 1.92. The second kappa shape index (κ2) is 7.76. The molecule has 0 aromatic heterocycles. The monoisotopic (exact) mass is 363 g/mol. The molecule has 128 valence electrons. The van der Waals surface area contributed by atoms with E-state index >= 15 is 0 Å². The quantitative estimate of drug-likeness (QED) is 0.716. The number of halogens is 1. The van der Waals surface area contributed by atoms with Gasteiger partial charge >= 0.3 is 11.9 Å². The second-order valence-electron chi connectivity index (χ2n) is 5.27. The van der Waals surface area contributed by atoms with Crippen molar-refractivity contribution in [1.29, 1.82) is 0 Å². The molecule has 1 aromatic carbocycles. The minimum atomic E-state index is -4.27. The summed E-state index contributed by atoms with van der Waals surface area (Å²) in [6, 6.07) is 2.31. The molecule has 1 aromatic rings. The van der Waals surface area contributed by atoms with Crippen molar-refractivity contribution < 1.29 is 27.9 Å². The zero-order valence-electron chi connectivity index (χ0n) is 12.9. The van der Waals surface area contributed by atoms with Gasteiger partial charge in [0, 0.05) is 5.02 Å². The van der Waals surface area contributed by atoms with E-state index < -0.39 is 32.9 Å². The van der Waals surface area contributed by atoms with E-state index in [1.165, 1.54) is 12.1 Å². The number of carboxylic acids is 1. The predicted octanol–water partition coefficient (Wildman–Crippen LogP) is 1.90. The highest BCUT2D eigenvalue weighted by molar-refractivity contribution is 7.89. The highest BCUT2D eigenvalue weighted by Crippen LogP contribution is 2.22. The van der Waals surface area contributed by atoms with Gasteiger partial charge < -0.3 is 9.84 Å². The normalized spacial score (nSPS) is 12.9. The van der Waals surface area contributed by atoms with Crippen LogP contribution in [0.1, 0.15) is 30.6 Å². The fraction of sp³-hybridized carbons (Fsp3) is 0.429. The minimum absolute atomic E-state index is 0.0433. The number of rotatable bonds is 7. The van der Waals surface area contributed by atoms with E-state index in [2.05, 4.69) is 9.46 Å². The third-order valence-electron chi connectivity index (χ3n) is 2.94. The Hall–Kier alpha value is -1.64. The van der Waals surface area contributed by atoms with Gasteiger partial charge in [-0.2, -0.15) is 4.72 Å². The van der Waals surface area contributed by atoms with Crippen LogP contribution in [-0.4, -0.2) is 38.6 Å². The molecule has 0 fully saturated rings. The molecule has 0 aliphatic rings. The number of methoxy groups -OCH3 is 1. The average molecular weight is 364 g/mol. The molecule has 0 bridgehead atoms. The first-order chi connectivity index (χ1) is 10.6. The molecule has 23 heavy (non-hydrogen) atoms.